The van der Waals surface area contributed by atoms with Gasteiger partial charge in [-0.15, -0.1) is 35.3 Å². The highest BCUT2D eigenvalue weighted by Crippen LogP contribution is 2.25. The number of thiophene rings is 1. The molecular weight excluding hydrogens is 397 g/mol. The number of rotatable bonds is 5. The van der Waals surface area contributed by atoms with Gasteiger partial charge in [-0.05, 0) is 26.0 Å². The average molecular weight is 423 g/mol. The predicted molar refractivity (Wildman–Crippen MR) is 101 cm³/mol. The first kappa shape index (κ1) is 18.7. The third-order valence-corrected chi connectivity index (χ3v) is 4.52. The Kier molecular flexibility index (Phi) is 7.42. The molecule has 0 radical (unpaired) electrons. The quantitative estimate of drug-likeness (QED) is 0.435. The molecule has 1 fully saturated rings. The molecule has 0 spiro atoms. The van der Waals surface area contributed by atoms with Crippen molar-refractivity contribution in [2.45, 2.75) is 33.2 Å². The lowest BCUT2D eigenvalue weighted by Crippen LogP contribution is -2.52. The van der Waals surface area contributed by atoms with Gasteiger partial charge in [0.05, 0.1) is 13.2 Å². The maximum Gasteiger partial charge on any atom is 0.191 e. The first-order valence-electron chi connectivity index (χ1n) is 7.11. The highest BCUT2D eigenvalue weighted by Gasteiger charge is 2.33. The van der Waals surface area contributed by atoms with Crippen molar-refractivity contribution in [3.05, 3.63) is 21.9 Å². The monoisotopic (exact) mass is 423 g/mol. The Morgan fingerprint density at radius 2 is 2.19 bits per heavy atom. The molecule has 1 unspecified atom stereocenters. The molecule has 0 aromatic carbocycles. The summed E-state index contributed by atoms with van der Waals surface area (Å²) >= 11 is 1.86. The summed E-state index contributed by atoms with van der Waals surface area (Å²) in [4.78, 5) is 7.08. The number of nitrogens with one attached hydrogen (secondary N) is 2. The Hall–Kier alpha value is -0.340. The fourth-order valence-electron chi connectivity index (χ4n) is 2.23. The molecule has 2 N–H and O–H groups in total. The van der Waals surface area contributed by atoms with E-state index >= 15 is 0 Å². The molecule has 1 aliphatic rings. The van der Waals surface area contributed by atoms with E-state index in [9.17, 15) is 0 Å². The normalized spacial score (nSPS) is 18.4. The second-order valence-corrected chi connectivity index (χ2v) is 7.36. The van der Waals surface area contributed by atoms with Crippen LogP contribution in [0.2, 0.25) is 0 Å². The van der Waals surface area contributed by atoms with E-state index in [4.69, 9.17) is 4.74 Å². The van der Waals surface area contributed by atoms with E-state index in [1.807, 2.05) is 18.4 Å². The number of aryl methyl sites for hydroxylation is 1. The van der Waals surface area contributed by atoms with Crippen LogP contribution in [0, 0.1) is 12.3 Å². The summed E-state index contributed by atoms with van der Waals surface area (Å²) in [5.41, 5.74) is 0.256. The van der Waals surface area contributed by atoms with Gasteiger partial charge < -0.3 is 15.4 Å². The largest absolute Gasteiger partial charge is 0.380 e. The molecule has 2 rings (SSSR count). The molecule has 0 bridgehead atoms. The lowest BCUT2D eigenvalue weighted by atomic mass is 9.89. The number of hydrogen-bond donors (Lipinski definition) is 2. The molecule has 1 atom stereocenters. The SMILES string of the molecule is CN=C(NCC1(C)COC1)NC(C)Cc1ccc(C)s1.I. The van der Waals surface area contributed by atoms with E-state index in [0.717, 1.165) is 32.1 Å². The smallest absolute Gasteiger partial charge is 0.191 e. The first-order chi connectivity index (χ1) is 9.50. The van der Waals surface area contributed by atoms with Crippen molar-refractivity contribution in [1.82, 2.24) is 10.6 Å². The maximum atomic E-state index is 5.27. The maximum absolute atomic E-state index is 5.27. The number of halogens is 1. The average Bonchev–Trinajstić information content (AvgIpc) is 2.77. The molecule has 6 heteroatoms. The van der Waals surface area contributed by atoms with Gasteiger partial charge >= 0.3 is 0 Å². The van der Waals surface area contributed by atoms with Gasteiger partial charge in [0.1, 0.15) is 0 Å². The summed E-state index contributed by atoms with van der Waals surface area (Å²) in [7, 11) is 1.82. The fraction of sp³-hybridized carbons (Fsp3) is 0.667. The second-order valence-electron chi connectivity index (χ2n) is 5.99. The van der Waals surface area contributed by atoms with Crippen LogP contribution in [-0.2, 0) is 11.2 Å². The highest BCUT2D eigenvalue weighted by atomic mass is 127. The van der Waals surface area contributed by atoms with Crippen LogP contribution in [0.1, 0.15) is 23.6 Å². The van der Waals surface area contributed by atoms with Crippen LogP contribution in [0.25, 0.3) is 0 Å². The van der Waals surface area contributed by atoms with Crippen molar-refractivity contribution in [1.29, 1.82) is 0 Å². The molecule has 0 amide bonds. The lowest BCUT2D eigenvalue weighted by Gasteiger charge is -2.38. The second kappa shape index (κ2) is 8.33. The number of guanidine groups is 1. The minimum atomic E-state index is 0. The van der Waals surface area contributed by atoms with Crippen LogP contribution < -0.4 is 10.6 Å². The Morgan fingerprint density at radius 1 is 1.48 bits per heavy atom. The minimum absolute atomic E-state index is 0. The van der Waals surface area contributed by atoms with Crippen molar-refractivity contribution < 1.29 is 4.74 Å². The third kappa shape index (κ3) is 5.75. The van der Waals surface area contributed by atoms with Gasteiger partial charge in [-0.1, -0.05) is 6.92 Å². The lowest BCUT2D eigenvalue weighted by molar-refractivity contribution is -0.0971. The summed E-state index contributed by atoms with van der Waals surface area (Å²) < 4.78 is 5.27. The molecule has 120 valence electrons. The molecule has 1 saturated heterocycles. The van der Waals surface area contributed by atoms with Crippen LogP contribution in [0.15, 0.2) is 17.1 Å². The number of aliphatic imine (C=N–C) groups is 1. The van der Waals surface area contributed by atoms with Gasteiger partial charge in [0.15, 0.2) is 5.96 Å². The highest BCUT2D eigenvalue weighted by molar-refractivity contribution is 14.0. The van der Waals surface area contributed by atoms with Crippen LogP contribution >= 0.6 is 35.3 Å². The summed E-state index contributed by atoms with van der Waals surface area (Å²) in [6, 6.07) is 4.75. The predicted octanol–water partition coefficient (Wildman–Crippen LogP) is 2.81. The topological polar surface area (TPSA) is 45.7 Å². The number of nitrogens with zero attached hydrogens (tertiary/aromatic N) is 1. The standard InChI is InChI=1S/C15H25N3OS.HI/c1-11(7-13-6-5-12(2)20-13)18-14(16-4)17-8-15(3)9-19-10-15;/h5-6,11H,7-10H2,1-4H3,(H2,16,17,18);1H. The minimum Gasteiger partial charge on any atom is -0.380 e. The molecule has 4 nitrogen and oxygen atoms in total. The van der Waals surface area contributed by atoms with Crippen LogP contribution in [-0.4, -0.2) is 38.8 Å². The molecule has 1 aromatic heterocycles. The zero-order valence-corrected chi connectivity index (χ0v) is 16.4. The summed E-state index contributed by atoms with van der Waals surface area (Å²) in [6.45, 7) is 9.14. The van der Waals surface area contributed by atoms with E-state index in [1.165, 1.54) is 9.75 Å². The van der Waals surface area contributed by atoms with Crippen molar-refractivity contribution in [3.63, 3.8) is 0 Å². The Bertz CT molecular complexity index is 471. The molecule has 2 heterocycles. The fourth-order valence-corrected chi connectivity index (χ4v) is 3.24. The Balaban J connectivity index is 0.00000220. The van der Waals surface area contributed by atoms with E-state index < -0.39 is 0 Å². The molecule has 1 aromatic rings. The zero-order chi connectivity index (χ0) is 14.6. The van der Waals surface area contributed by atoms with Gasteiger partial charge in [-0.3, -0.25) is 4.99 Å². The first-order valence-corrected chi connectivity index (χ1v) is 7.93. The van der Waals surface area contributed by atoms with Crippen LogP contribution in [0.3, 0.4) is 0 Å². The van der Waals surface area contributed by atoms with Crippen LogP contribution in [0.5, 0.6) is 0 Å². The van der Waals surface area contributed by atoms with Gasteiger partial charge in [0.25, 0.3) is 0 Å². The van der Waals surface area contributed by atoms with Crippen molar-refractivity contribution in [2.24, 2.45) is 10.4 Å². The number of hydrogen-bond acceptors (Lipinski definition) is 3. The van der Waals surface area contributed by atoms with E-state index in [0.29, 0.717) is 6.04 Å². The van der Waals surface area contributed by atoms with Gasteiger partial charge in [0.2, 0.25) is 0 Å². The van der Waals surface area contributed by atoms with Crippen molar-refractivity contribution in [3.8, 4) is 0 Å². The molecular formula is C15H26IN3OS. The van der Waals surface area contributed by atoms with E-state index in [1.54, 1.807) is 0 Å². The Labute approximate surface area is 148 Å². The molecule has 1 aliphatic heterocycles. The Morgan fingerprint density at radius 3 is 2.67 bits per heavy atom. The summed E-state index contributed by atoms with van der Waals surface area (Å²) in [5.74, 6) is 0.874. The number of ether oxygens (including phenoxy) is 1. The third-order valence-electron chi connectivity index (χ3n) is 3.49. The van der Waals surface area contributed by atoms with Gasteiger partial charge in [0, 0.05) is 41.2 Å². The summed E-state index contributed by atoms with van der Waals surface area (Å²) in [5, 5.41) is 6.85. The van der Waals surface area contributed by atoms with E-state index in [-0.39, 0.29) is 29.4 Å². The summed E-state index contributed by atoms with van der Waals surface area (Å²) in [6.07, 6.45) is 1.03. The zero-order valence-electron chi connectivity index (χ0n) is 13.2. The van der Waals surface area contributed by atoms with Gasteiger partial charge in [-0.25, -0.2) is 0 Å². The van der Waals surface area contributed by atoms with Crippen molar-refractivity contribution >= 4 is 41.3 Å². The molecule has 21 heavy (non-hydrogen) atoms. The molecule has 0 saturated carbocycles. The van der Waals surface area contributed by atoms with Gasteiger partial charge in [-0.2, -0.15) is 0 Å². The molecule has 0 aliphatic carbocycles. The van der Waals surface area contributed by atoms with Crippen molar-refractivity contribution in [2.75, 3.05) is 26.8 Å². The van der Waals surface area contributed by atoms with Crippen LogP contribution in [0.4, 0.5) is 0 Å². The van der Waals surface area contributed by atoms with E-state index in [2.05, 4.69) is 48.5 Å².